The molecule has 0 unspecified atom stereocenters. The van der Waals surface area contributed by atoms with Gasteiger partial charge in [-0.25, -0.2) is 14.8 Å². The van der Waals surface area contributed by atoms with E-state index < -0.39 is 6.09 Å². The SMILES string of the molecule is Cc1ccc2c(N3CCC[C@@H](CN(C(=O)O)[C@H]4CCOC4)C3)nc(-c3ccccc3O)nc2c1. The van der Waals surface area contributed by atoms with Crippen LogP contribution in [0.3, 0.4) is 0 Å². The molecule has 8 nitrogen and oxygen atoms in total. The van der Waals surface area contributed by atoms with E-state index in [1.807, 2.05) is 25.1 Å². The minimum absolute atomic E-state index is 0.0663. The molecular formula is C26H30N4O4. The van der Waals surface area contributed by atoms with Crippen LogP contribution in [0.1, 0.15) is 24.8 Å². The van der Waals surface area contributed by atoms with Crippen molar-refractivity contribution in [2.24, 2.45) is 5.92 Å². The third-order valence-electron chi connectivity index (χ3n) is 6.84. The first-order valence-corrected chi connectivity index (χ1v) is 11.9. The van der Waals surface area contributed by atoms with Crippen LogP contribution in [0.25, 0.3) is 22.3 Å². The van der Waals surface area contributed by atoms with Gasteiger partial charge in [-0.1, -0.05) is 18.2 Å². The molecule has 5 rings (SSSR count). The number of aromatic hydroxyl groups is 1. The zero-order chi connectivity index (χ0) is 23.7. The van der Waals surface area contributed by atoms with Gasteiger partial charge in [0.15, 0.2) is 5.82 Å². The van der Waals surface area contributed by atoms with E-state index in [0.717, 1.165) is 54.6 Å². The Kier molecular flexibility index (Phi) is 6.24. The maximum Gasteiger partial charge on any atom is 0.407 e. The lowest BCUT2D eigenvalue weighted by molar-refractivity contribution is 0.101. The molecule has 1 aromatic heterocycles. The molecule has 3 heterocycles. The number of rotatable bonds is 5. The predicted octanol–water partition coefficient (Wildman–Crippen LogP) is 4.30. The lowest BCUT2D eigenvalue weighted by Crippen LogP contribution is -2.47. The molecule has 2 aliphatic rings. The van der Waals surface area contributed by atoms with E-state index >= 15 is 0 Å². The van der Waals surface area contributed by atoms with Crippen LogP contribution in [-0.4, -0.2) is 70.1 Å². The van der Waals surface area contributed by atoms with Gasteiger partial charge in [0, 0.05) is 31.6 Å². The van der Waals surface area contributed by atoms with Crippen LogP contribution in [0, 0.1) is 12.8 Å². The monoisotopic (exact) mass is 462 g/mol. The van der Waals surface area contributed by atoms with E-state index in [0.29, 0.717) is 31.1 Å². The Balaban J connectivity index is 1.48. The van der Waals surface area contributed by atoms with Crippen molar-refractivity contribution >= 4 is 22.8 Å². The first-order chi connectivity index (χ1) is 16.5. The summed E-state index contributed by atoms with van der Waals surface area (Å²) in [4.78, 5) is 25.5. The van der Waals surface area contributed by atoms with Crippen LogP contribution in [0.15, 0.2) is 42.5 Å². The average molecular weight is 463 g/mol. The predicted molar refractivity (Wildman–Crippen MR) is 130 cm³/mol. The van der Waals surface area contributed by atoms with Crippen LogP contribution in [0.2, 0.25) is 0 Å². The second kappa shape index (κ2) is 9.46. The van der Waals surface area contributed by atoms with E-state index in [4.69, 9.17) is 14.7 Å². The van der Waals surface area contributed by atoms with Crippen LogP contribution < -0.4 is 4.90 Å². The fourth-order valence-corrected chi connectivity index (χ4v) is 5.08. The number of hydrogen-bond acceptors (Lipinski definition) is 6. The molecule has 0 aliphatic carbocycles. The number of ether oxygens (including phenoxy) is 1. The van der Waals surface area contributed by atoms with Crippen molar-refractivity contribution in [3.05, 3.63) is 48.0 Å². The molecule has 34 heavy (non-hydrogen) atoms. The fraction of sp³-hybridized carbons (Fsp3) is 0.423. The van der Waals surface area contributed by atoms with E-state index in [1.165, 1.54) is 0 Å². The molecule has 2 fully saturated rings. The number of benzene rings is 2. The number of amides is 1. The highest BCUT2D eigenvalue weighted by atomic mass is 16.5. The number of nitrogens with zero attached hydrogens (tertiary/aromatic N) is 4. The number of anilines is 1. The van der Waals surface area contributed by atoms with Crippen molar-refractivity contribution in [2.75, 3.05) is 37.7 Å². The Morgan fingerprint density at radius 3 is 2.82 bits per heavy atom. The number of carbonyl (C=O) groups is 1. The minimum Gasteiger partial charge on any atom is -0.507 e. The molecule has 178 valence electrons. The molecule has 2 aliphatic heterocycles. The standard InChI is InChI=1S/C26H30N4O4/c1-17-8-9-20-22(13-17)27-24(21-6-2-3-7-23(21)31)28-25(20)29-11-4-5-18(14-29)15-30(26(32)33)19-10-12-34-16-19/h2-3,6-9,13,18-19,31H,4-5,10-12,14-16H2,1H3,(H,32,33)/t18-,19+/m1/s1. The maximum atomic E-state index is 12.0. The smallest absolute Gasteiger partial charge is 0.407 e. The molecule has 2 aromatic carbocycles. The van der Waals surface area contributed by atoms with E-state index in [1.54, 1.807) is 17.0 Å². The van der Waals surface area contributed by atoms with Gasteiger partial charge in [-0.2, -0.15) is 0 Å². The number of para-hydroxylation sites is 1. The highest BCUT2D eigenvalue weighted by molar-refractivity contribution is 5.92. The van der Waals surface area contributed by atoms with Crippen molar-refractivity contribution in [3.63, 3.8) is 0 Å². The van der Waals surface area contributed by atoms with Crippen molar-refractivity contribution in [1.82, 2.24) is 14.9 Å². The summed E-state index contributed by atoms with van der Waals surface area (Å²) in [7, 11) is 0. The molecule has 0 spiro atoms. The Hall–Kier alpha value is -3.39. The zero-order valence-corrected chi connectivity index (χ0v) is 19.4. The average Bonchev–Trinajstić information content (AvgIpc) is 3.36. The lowest BCUT2D eigenvalue weighted by atomic mass is 9.96. The quantitative estimate of drug-likeness (QED) is 0.583. The number of hydrogen-bond donors (Lipinski definition) is 2. The van der Waals surface area contributed by atoms with Crippen molar-refractivity contribution < 1.29 is 19.7 Å². The van der Waals surface area contributed by atoms with Gasteiger partial charge >= 0.3 is 6.09 Å². The highest BCUT2D eigenvalue weighted by Crippen LogP contribution is 2.34. The van der Waals surface area contributed by atoms with E-state index in [-0.39, 0.29) is 17.7 Å². The molecule has 2 atom stereocenters. The van der Waals surface area contributed by atoms with Crippen molar-refractivity contribution in [3.8, 4) is 17.1 Å². The second-order valence-electron chi connectivity index (χ2n) is 9.32. The van der Waals surface area contributed by atoms with E-state index in [2.05, 4.69) is 17.0 Å². The topological polar surface area (TPSA) is 99.0 Å². The second-order valence-corrected chi connectivity index (χ2v) is 9.32. The Labute approximate surface area is 198 Å². The van der Waals surface area contributed by atoms with Crippen molar-refractivity contribution in [1.29, 1.82) is 0 Å². The molecule has 0 bridgehead atoms. The number of fused-ring (bicyclic) bond motifs is 1. The molecular weight excluding hydrogens is 432 g/mol. The summed E-state index contributed by atoms with van der Waals surface area (Å²) in [6, 6.07) is 13.2. The Morgan fingerprint density at radius 2 is 2.06 bits per heavy atom. The molecule has 2 saturated heterocycles. The van der Waals surface area contributed by atoms with E-state index in [9.17, 15) is 15.0 Å². The third kappa shape index (κ3) is 4.50. The first kappa shape index (κ1) is 22.4. The van der Waals surface area contributed by atoms with Gasteiger partial charge in [0.1, 0.15) is 11.6 Å². The number of aromatic nitrogens is 2. The summed E-state index contributed by atoms with van der Waals surface area (Å²) in [6.45, 7) is 5.18. The normalized spacial score (nSPS) is 20.6. The molecule has 0 radical (unpaired) electrons. The summed E-state index contributed by atoms with van der Waals surface area (Å²) < 4.78 is 5.44. The zero-order valence-electron chi connectivity index (χ0n) is 19.4. The maximum absolute atomic E-state index is 12.0. The molecule has 0 saturated carbocycles. The lowest BCUT2D eigenvalue weighted by Gasteiger charge is -2.37. The third-order valence-corrected chi connectivity index (χ3v) is 6.84. The minimum atomic E-state index is -0.877. The molecule has 3 aromatic rings. The number of carboxylic acid groups (broad SMARTS) is 1. The van der Waals surface area contributed by atoms with Gasteiger partial charge in [-0.3, -0.25) is 0 Å². The number of piperidine rings is 1. The summed E-state index contributed by atoms with van der Waals surface area (Å²) in [5.74, 6) is 1.67. The van der Waals surface area contributed by atoms with Gasteiger partial charge in [0.05, 0.1) is 23.7 Å². The Bertz CT molecular complexity index is 1190. The highest BCUT2D eigenvalue weighted by Gasteiger charge is 2.32. The van der Waals surface area contributed by atoms with Gasteiger partial charge < -0.3 is 24.7 Å². The van der Waals surface area contributed by atoms with Gasteiger partial charge in [-0.15, -0.1) is 0 Å². The van der Waals surface area contributed by atoms with Crippen LogP contribution in [0.4, 0.5) is 10.6 Å². The number of phenolic OH excluding ortho intramolecular Hbond substituents is 1. The van der Waals surface area contributed by atoms with Gasteiger partial charge in [-0.05, 0) is 61.9 Å². The van der Waals surface area contributed by atoms with Crippen LogP contribution in [-0.2, 0) is 4.74 Å². The van der Waals surface area contributed by atoms with Crippen molar-refractivity contribution in [2.45, 2.75) is 32.2 Å². The summed E-state index contributed by atoms with van der Waals surface area (Å²) in [5.41, 5.74) is 2.53. The van der Waals surface area contributed by atoms with Gasteiger partial charge in [0.25, 0.3) is 0 Å². The summed E-state index contributed by atoms with van der Waals surface area (Å²) in [5, 5.41) is 21.2. The largest absolute Gasteiger partial charge is 0.507 e. The summed E-state index contributed by atoms with van der Waals surface area (Å²) in [6.07, 6.45) is 1.81. The van der Waals surface area contributed by atoms with Gasteiger partial charge in [0.2, 0.25) is 0 Å². The molecule has 1 amide bonds. The fourth-order valence-electron chi connectivity index (χ4n) is 5.08. The van der Waals surface area contributed by atoms with Crippen LogP contribution >= 0.6 is 0 Å². The number of aryl methyl sites for hydroxylation is 1. The molecule has 2 N–H and O–H groups in total. The van der Waals surface area contributed by atoms with Crippen LogP contribution in [0.5, 0.6) is 5.75 Å². The molecule has 8 heteroatoms. The first-order valence-electron chi connectivity index (χ1n) is 11.9. The number of phenols is 1. The Morgan fingerprint density at radius 1 is 1.21 bits per heavy atom. The summed E-state index contributed by atoms with van der Waals surface area (Å²) >= 11 is 0.